The maximum atomic E-state index is 6.28. The van der Waals surface area contributed by atoms with Gasteiger partial charge in [0.2, 0.25) is 0 Å². The topological polar surface area (TPSA) is 40.2 Å². The molecule has 2 rings (SSSR count). The van der Waals surface area contributed by atoms with Crippen molar-refractivity contribution >= 4 is 10.9 Å². The summed E-state index contributed by atoms with van der Waals surface area (Å²) in [6.07, 6.45) is 4.02. The first-order valence-electron chi connectivity index (χ1n) is 6.37. The molecule has 0 spiro atoms. The van der Waals surface area contributed by atoms with Gasteiger partial charge in [-0.1, -0.05) is 6.92 Å². The number of nitrogens with two attached hydrogens (primary N) is 1. The van der Waals surface area contributed by atoms with Crippen molar-refractivity contribution in [2.75, 3.05) is 7.11 Å². The fraction of sp³-hybridized carbons (Fsp3) is 0.467. The first-order valence-corrected chi connectivity index (χ1v) is 6.37. The number of nitrogens with zero attached hydrogens (tertiary/aromatic N) is 1. The molecule has 0 aliphatic heterocycles. The van der Waals surface area contributed by atoms with Crippen molar-refractivity contribution in [1.29, 1.82) is 0 Å². The number of rotatable bonds is 4. The van der Waals surface area contributed by atoms with Crippen molar-refractivity contribution in [3.8, 4) is 5.75 Å². The Morgan fingerprint density at radius 3 is 2.72 bits per heavy atom. The summed E-state index contributed by atoms with van der Waals surface area (Å²) in [6, 6.07) is 6.18. The third-order valence-electron chi connectivity index (χ3n) is 3.68. The number of fused-ring (bicyclic) bond motifs is 1. The second kappa shape index (κ2) is 4.65. The summed E-state index contributed by atoms with van der Waals surface area (Å²) in [5.74, 6) is 0.894. The maximum Gasteiger partial charge on any atom is 0.119 e. The van der Waals surface area contributed by atoms with E-state index in [1.807, 2.05) is 6.07 Å². The Balaban J connectivity index is 2.50. The predicted molar refractivity (Wildman–Crippen MR) is 76.1 cm³/mol. The van der Waals surface area contributed by atoms with Crippen LogP contribution < -0.4 is 10.5 Å². The van der Waals surface area contributed by atoms with Crippen LogP contribution in [-0.4, -0.2) is 17.2 Å². The molecule has 1 aromatic carbocycles. The molecule has 3 nitrogen and oxygen atoms in total. The van der Waals surface area contributed by atoms with Gasteiger partial charge in [-0.05, 0) is 43.5 Å². The van der Waals surface area contributed by atoms with E-state index >= 15 is 0 Å². The van der Waals surface area contributed by atoms with Gasteiger partial charge in [0, 0.05) is 29.7 Å². The third-order valence-corrected chi connectivity index (χ3v) is 3.68. The first-order chi connectivity index (χ1) is 8.46. The van der Waals surface area contributed by atoms with Crippen molar-refractivity contribution in [3.05, 3.63) is 30.0 Å². The molecule has 1 aromatic heterocycles. The average molecular weight is 246 g/mol. The fourth-order valence-electron chi connectivity index (χ4n) is 2.28. The first kappa shape index (κ1) is 13.0. The van der Waals surface area contributed by atoms with Crippen molar-refractivity contribution in [1.82, 2.24) is 4.57 Å². The van der Waals surface area contributed by atoms with Crippen LogP contribution in [0.15, 0.2) is 24.4 Å². The van der Waals surface area contributed by atoms with Gasteiger partial charge in [0.05, 0.1) is 7.11 Å². The van der Waals surface area contributed by atoms with Gasteiger partial charge in [0.15, 0.2) is 0 Å². The lowest BCUT2D eigenvalue weighted by Gasteiger charge is -2.22. The van der Waals surface area contributed by atoms with Gasteiger partial charge in [-0.15, -0.1) is 0 Å². The number of ether oxygens (including phenoxy) is 1. The lowest BCUT2D eigenvalue weighted by Crippen LogP contribution is -2.37. The molecule has 0 bridgehead atoms. The normalized spacial score (nSPS) is 14.7. The highest BCUT2D eigenvalue weighted by Gasteiger charge is 2.19. The van der Waals surface area contributed by atoms with Gasteiger partial charge in [0.25, 0.3) is 0 Å². The molecule has 0 amide bonds. The third kappa shape index (κ3) is 2.36. The van der Waals surface area contributed by atoms with E-state index in [2.05, 4.69) is 43.8 Å². The molecule has 0 radical (unpaired) electrons. The van der Waals surface area contributed by atoms with E-state index in [9.17, 15) is 0 Å². The smallest absolute Gasteiger partial charge is 0.119 e. The molecule has 0 aliphatic rings. The molecule has 98 valence electrons. The van der Waals surface area contributed by atoms with E-state index in [1.165, 1.54) is 16.5 Å². The zero-order valence-corrected chi connectivity index (χ0v) is 11.7. The lowest BCUT2D eigenvalue weighted by molar-refractivity contribution is 0.415. The van der Waals surface area contributed by atoms with Crippen LogP contribution in [0.25, 0.3) is 10.9 Å². The molecule has 1 atom stereocenters. The van der Waals surface area contributed by atoms with Gasteiger partial charge in [-0.2, -0.15) is 0 Å². The minimum absolute atomic E-state index is 0.155. The monoisotopic (exact) mass is 246 g/mol. The highest BCUT2D eigenvalue weighted by Crippen LogP contribution is 2.28. The summed E-state index contributed by atoms with van der Waals surface area (Å²) in [5.41, 5.74) is 8.63. The van der Waals surface area contributed by atoms with Crippen molar-refractivity contribution in [3.63, 3.8) is 0 Å². The SMILES string of the molecule is CCC(C)(N)Cc1cn(C)c2ccc(OC)cc12. The average Bonchev–Trinajstić information content (AvgIpc) is 2.65. The molecular weight excluding hydrogens is 224 g/mol. The fourth-order valence-corrected chi connectivity index (χ4v) is 2.28. The van der Waals surface area contributed by atoms with Gasteiger partial charge in [0.1, 0.15) is 5.75 Å². The van der Waals surface area contributed by atoms with Crippen LogP contribution in [0, 0.1) is 0 Å². The zero-order valence-electron chi connectivity index (χ0n) is 11.7. The number of methoxy groups -OCH3 is 1. The van der Waals surface area contributed by atoms with E-state index in [1.54, 1.807) is 7.11 Å². The highest BCUT2D eigenvalue weighted by molar-refractivity contribution is 5.85. The minimum atomic E-state index is -0.155. The van der Waals surface area contributed by atoms with Crippen LogP contribution in [0.4, 0.5) is 0 Å². The van der Waals surface area contributed by atoms with Crippen molar-refractivity contribution < 1.29 is 4.74 Å². The summed E-state index contributed by atoms with van der Waals surface area (Å²) >= 11 is 0. The highest BCUT2D eigenvalue weighted by atomic mass is 16.5. The molecule has 0 fully saturated rings. The Bertz CT molecular complexity index is 555. The van der Waals surface area contributed by atoms with E-state index in [0.717, 1.165) is 18.6 Å². The minimum Gasteiger partial charge on any atom is -0.497 e. The summed E-state index contributed by atoms with van der Waals surface area (Å²) in [4.78, 5) is 0. The van der Waals surface area contributed by atoms with Gasteiger partial charge >= 0.3 is 0 Å². The maximum absolute atomic E-state index is 6.28. The van der Waals surface area contributed by atoms with Crippen LogP contribution in [0.2, 0.25) is 0 Å². The van der Waals surface area contributed by atoms with Crippen LogP contribution in [0.5, 0.6) is 5.75 Å². The van der Waals surface area contributed by atoms with Crippen LogP contribution in [0.1, 0.15) is 25.8 Å². The van der Waals surface area contributed by atoms with E-state index in [0.29, 0.717) is 0 Å². The standard InChI is InChI=1S/C15H22N2O/c1-5-15(2,16)9-11-10-17(3)14-7-6-12(18-4)8-13(11)14/h6-8,10H,5,9,16H2,1-4H3. The molecule has 0 aliphatic carbocycles. The van der Waals surface area contributed by atoms with Crippen LogP contribution in [-0.2, 0) is 13.5 Å². The van der Waals surface area contributed by atoms with Gasteiger partial charge < -0.3 is 15.0 Å². The number of hydrogen-bond donors (Lipinski definition) is 1. The lowest BCUT2D eigenvalue weighted by atomic mass is 9.91. The number of aromatic nitrogens is 1. The number of benzene rings is 1. The van der Waals surface area contributed by atoms with Gasteiger partial charge in [-0.3, -0.25) is 0 Å². The molecule has 2 aromatic rings. The Morgan fingerprint density at radius 1 is 1.39 bits per heavy atom. The second-order valence-corrected chi connectivity index (χ2v) is 5.33. The number of aryl methyl sites for hydroxylation is 1. The molecule has 3 heteroatoms. The van der Waals surface area contributed by atoms with Crippen molar-refractivity contribution in [2.24, 2.45) is 12.8 Å². The summed E-state index contributed by atoms with van der Waals surface area (Å²) in [5, 5.41) is 1.24. The van der Waals surface area contributed by atoms with E-state index < -0.39 is 0 Å². The van der Waals surface area contributed by atoms with E-state index in [4.69, 9.17) is 10.5 Å². The predicted octanol–water partition coefficient (Wildman–Crippen LogP) is 2.86. The molecule has 1 unspecified atom stereocenters. The quantitative estimate of drug-likeness (QED) is 0.901. The molecule has 0 saturated carbocycles. The zero-order chi connectivity index (χ0) is 13.3. The number of hydrogen-bond acceptors (Lipinski definition) is 2. The molecular formula is C15H22N2O. The second-order valence-electron chi connectivity index (χ2n) is 5.33. The van der Waals surface area contributed by atoms with Crippen molar-refractivity contribution in [2.45, 2.75) is 32.2 Å². The van der Waals surface area contributed by atoms with Crippen LogP contribution >= 0.6 is 0 Å². The van der Waals surface area contributed by atoms with Gasteiger partial charge in [-0.25, -0.2) is 0 Å². The molecule has 1 heterocycles. The summed E-state index contributed by atoms with van der Waals surface area (Å²) in [7, 11) is 3.76. The molecule has 18 heavy (non-hydrogen) atoms. The van der Waals surface area contributed by atoms with Crippen LogP contribution in [0.3, 0.4) is 0 Å². The Labute approximate surface area is 109 Å². The summed E-state index contributed by atoms with van der Waals surface area (Å²) in [6.45, 7) is 4.23. The Kier molecular flexibility index (Phi) is 3.35. The Hall–Kier alpha value is -1.48. The Morgan fingerprint density at radius 2 is 2.11 bits per heavy atom. The largest absolute Gasteiger partial charge is 0.497 e. The summed E-state index contributed by atoms with van der Waals surface area (Å²) < 4.78 is 7.45. The molecule has 0 saturated heterocycles. The van der Waals surface area contributed by atoms with E-state index in [-0.39, 0.29) is 5.54 Å². The molecule has 2 N–H and O–H groups in total.